The summed E-state index contributed by atoms with van der Waals surface area (Å²) < 4.78 is 0. The maximum absolute atomic E-state index is 4.90. The number of pyridine rings is 4. The standard InChI is InChI=1S/2C41H38N.C34H33N4.C19H18N.3Ir/c2*1-40(2,3)36-18-14-28(15-19-36)33-25-34(29-16-20-37(21-17-29)41(4,5)6)27-35(26-33)31-11-9-12-32(24-31)39-38-13-8-7-10-30(38)22-23-42-39;1-33(2,3)27-17-12-24(13-18-27)30-36-31(25-14-19-28(20-15-25)34(4,5)6)38-32(37-30)26-16-21-29(35-22-26)23-10-8-7-9-11-23;1-19(2,3)16-10-8-15(9-11-16)18-17-7-5-4-6-14(17)12-13-20-18;;;/h2*7-11,13-27H,1-6H3;7-10,12-22H,1-6H3;4-8,10-13H,1-3H3;;;/q4*-1;;;. The second-order valence-electron chi connectivity index (χ2n) is 44.4. The first kappa shape index (κ1) is 107. The van der Waals surface area contributed by atoms with Crippen LogP contribution in [0.3, 0.4) is 0 Å². The number of hydrogen-bond acceptors (Lipinski definition) is 7. The van der Waals surface area contributed by atoms with Crippen LogP contribution < -0.4 is 0 Å². The zero-order chi connectivity index (χ0) is 100. The van der Waals surface area contributed by atoms with Gasteiger partial charge in [0.05, 0.1) is 0 Å². The van der Waals surface area contributed by atoms with Crippen LogP contribution in [0, 0.1) is 24.3 Å². The normalized spacial score (nSPS) is 11.7. The molecular weight excluding hydrogens is 2300 g/mol. The van der Waals surface area contributed by atoms with Gasteiger partial charge in [0, 0.05) is 102 Å². The molecule has 0 spiro atoms. The van der Waals surface area contributed by atoms with Crippen molar-refractivity contribution >= 4 is 32.3 Å². The zero-order valence-electron chi connectivity index (χ0n) is 87.1. The fourth-order valence-electron chi connectivity index (χ4n) is 17.8. The second kappa shape index (κ2) is 45.1. The van der Waals surface area contributed by atoms with Gasteiger partial charge in [-0.3, -0.25) is 0 Å². The fraction of sp³-hybridized carbons (Fsp3) is 0.207. The monoisotopic (exact) mass is 2420 g/mol. The van der Waals surface area contributed by atoms with Gasteiger partial charge in [-0.1, -0.05) is 376 Å². The number of hydrogen-bond donors (Lipinski definition) is 0. The molecule has 0 aliphatic carbocycles. The van der Waals surface area contributed by atoms with Gasteiger partial charge < -0.3 is 19.9 Å². The van der Waals surface area contributed by atoms with Gasteiger partial charge in [0.1, 0.15) is 0 Å². The molecular formula is C135H127Ir3N7-4. The molecule has 5 aromatic heterocycles. The minimum Gasteiger partial charge on any atom is -0.304 e. The molecule has 0 aliphatic heterocycles. The summed E-state index contributed by atoms with van der Waals surface area (Å²) in [6.45, 7) is 47.1. The second-order valence-corrected chi connectivity index (χ2v) is 44.4. The molecule has 0 atom stereocenters. The summed E-state index contributed by atoms with van der Waals surface area (Å²) in [6, 6.07) is 143. The van der Waals surface area contributed by atoms with Gasteiger partial charge in [-0.15, -0.1) is 142 Å². The van der Waals surface area contributed by atoms with Crippen molar-refractivity contribution < 1.29 is 60.3 Å². The van der Waals surface area contributed by atoms with Crippen LogP contribution in [0.5, 0.6) is 0 Å². The van der Waals surface area contributed by atoms with E-state index in [9.17, 15) is 0 Å². The van der Waals surface area contributed by atoms with Crippen molar-refractivity contribution in [1.82, 2.24) is 34.9 Å². The van der Waals surface area contributed by atoms with Crippen molar-refractivity contribution in [2.24, 2.45) is 0 Å². The van der Waals surface area contributed by atoms with Gasteiger partial charge in [-0.25, -0.2) is 15.0 Å². The first-order valence-electron chi connectivity index (χ1n) is 49.5. The molecule has 0 saturated heterocycles. The Morgan fingerprint density at radius 3 is 0.738 bits per heavy atom. The van der Waals surface area contributed by atoms with E-state index >= 15 is 0 Å². The van der Waals surface area contributed by atoms with E-state index in [1.54, 1.807) is 0 Å². The SMILES string of the molecule is CC(C)(C)c1c[c-]c(-c2nccc3ccccc23)cc1.CC(C)(C)c1ccc(-c2cc(-c3ccc(C(C)(C)C)cc3)cc(-c3cc[c-]c(-c4nccc5ccccc45)c3)c2)cc1.CC(C)(C)c1ccc(-c2cc(-c3ccc(C(C)(C)C)cc3)cc(-c3cc[c-]c(-c4nccc5ccccc45)c3)c2)cc1.CC(C)(C)c1ccc(-c2nc(-c3ccc(C(C)(C)C)cc3)nc(-c3ccc(-c4[c-]cccc4)nc3)n2)cc1.[Ir].[Ir].[Ir]. The third kappa shape index (κ3) is 26.1. The minimum absolute atomic E-state index is 0. The average Bonchev–Trinajstić information content (AvgIpc) is 0.791. The van der Waals surface area contributed by atoms with Gasteiger partial charge in [0.25, 0.3) is 0 Å². The van der Waals surface area contributed by atoms with Crippen LogP contribution in [-0.4, -0.2) is 34.9 Å². The van der Waals surface area contributed by atoms with Crippen molar-refractivity contribution in [1.29, 1.82) is 0 Å². The maximum Gasteiger partial charge on any atom is 0.165 e. The third-order valence-corrected chi connectivity index (χ3v) is 26.6. The van der Waals surface area contributed by atoms with Gasteiger partial charge in [0.15, 0.2) is 17.5 Å². The Morgan fingerprint density at radius 2 is 0.455 bits per heavy atom. The summed E-state index contributed by atoms with van der Waals surface area (Å²) in [5.41, 5.74) is 34.9. The molecule has 20 aromatic rings. The van der Waals surface area contributed by atoms with Crippen LogP contribution >= 0.6 is 0 Å². The summed E-state index contributed by atoms with van der Waals surface area (Å²) in [4.78, 5) is 33.4. The molecule has 0 aliphatic rings. The van der Waals surface area contributed by atoms with E-state index in [-0.39, 0.29) is 98.2 Å². The Labute approximate surface area is 901 Å². The number of rotatable bonds is 13. The molecule has 3 radical (unpaired) electrons. The Balaban J connectivity index is 0.000000156. The molecule has 0 saturated carbocycles. The molecule has 0 bridgehead atoms. The number of benzene rings is 15. The van der Waals surface area contributed by atoms with Gasteiger partial charge in [-0.05, 0) is 237 Å². The molecule has 10 heteroatoms. The Morgan fingerprint density at radius 1 is 0.186 bits per heavy atom. The van der Waals surface area contributed by atoms with Crippen molar-refractivity contribution in [2.75, 3.05) is 0 Å². The molecule has 15 aromatic carbocycles. The summed E-state index contributed by atoms with van der Waals surface area (Å²) >= 11 is 0. The van der Waals surface area contributed by atoms with E-state index in [0.29, 0.717) is 17.5 Å². The van der Waals surface area contributed by atoms with Crippen LogP contribution in [0.25, 0.3) is 178 Å². The van der Waals surface area contributed by atoms with E-state index < -0.39 is 0 Å². The van der Waals surface area contributed by atoms with Crippen LogP contribution in [0.1, 0.15) is 184 Å². The molecule has 0 amide bonds. The molecule has 0 N–H and O–H groups in total. The number of fused-ring (bicyclic) bond motifs is 3. The van der Waals surface area contributed by atoms with Gasteiger partial charge in [-0.2, -0.15) is 0 Å². The first-order chi connectivity index (χ1) is 67.7. The van der Waals surface area contributed by atoms with Crippen molar-refractivity contribution in [2.45, 2.75) is 183 Å². The molecule has 20 rings (SSSR count). The summed E-state index contributed by atoms with van der Waals surface area (Å²) in [6.07, 6.45) is 7.46. The summed E-state index contributed by atoms with van der Waals surface area (Å²) in [5, 5.41) is 7.04. The number of aromatic nitrogens is 7. The van der Waals surface area contributed by atoms with E-state index in [2.05, 4.69) is 489 Å². The molecule has 0 fully saturated rings. The average molecular weight is 2420 g/mol. The van der Waals surface area contributed by atoms with Crippen LogP contribution in [0.15, 0.2) is 389 Å². The Bertz CT molecular complexity index is 7300. The fourth-order valence-corrected chi connectivity index (χ4v) is 17.8. The summed E-state index contributed by atoms with van der Waals surface area (Å²) in [5.74, 6) is 1.89. The van der Waals surface area contributed by atoms with Gasteiger partial charge >= 0.3 is 0 Å². The molecule has 7 nitrogen and oxygen atoms in total. The minimum atomic E-state index is 0. The number of nitrogens with zero attached hydrogens (tertiary/aromatic N) is 7. The van der Waals surface area contributed by atoms with E-state index in [0.717, 1.165) is 83.6 Å². The van der Waals surface area contributed by atoms with Gasteiger partial charge in [0.2, 0.25) is 0 Å². The summed E-state index contributed by atoms with van der Waals surface area (Å²) in [7, 11) is 0. The zero-order valence-corrected chi connectivity index (χ0v) is 94.3. The van der Waals surface area contributed by atoms with E-state index in [1.165, 1.54) is 116 Å². The predicted molar refractivity (Wildman–Crippen MR) is 600 cm³/mol. The predicted octanol–water partition coefficient (Wildman–Crippen LogP) is 35.9. The Kier molecular flexibility index (Phi) is 33.4. The van der Waals surface area contributed by atoms with Crippen molar-refractivity contribution in [3.8, 4) is 146 Å². The van der Waals surface area contributed by atoms with Crippen molar-refractivity contribution in [3.05, 3.63) is 452 Å². The van der Waals surface area contributed by atoms with Crippen LogP contribution in [-0.2, 0) is 98.2 Å². The quantitative estimate of drug-likeness (QED) is 0.106. The smallest absolute Gasteiger partial charge is 0.165 e. The van der Waals surface area contributed by atoms with Crippen LogP contribution in [0.4, 0.5) is 0 Å². The molecule has 0 unspecified atom stereocenters. The van der Waals surface area contributed by atoms with E-state index in [4.69, 9.17) is 24.9 Å². The van der Waals surface area contributed by atoms with Crippen molar-refractivity contribution in [3.63, 3.8) is 0 Å². The maximum atomic E-state index is 4.90. The topological polar surface area (TPSA) is 90.2 Å². The van der Waals surface area contributed by atoms with E-state index in [1.807, 2.05) is 79.4 Å². The molecule has 5 heterocycles. The largest absolute Gasteiger partial charge is 0.304 e. The first-order valence-corrected chi connectivity index (χ1v) is 49.5. The van der Waals surface area contributed by atoms with Crippen LogP contribution in [0.2, 0.25) is 0 Å². The molecule has 145 heavy (non-hydrogen) atoms. The third-order valence-electron chi connectivity index (χ3n) is 26.6. The Hall–Kier alpha value is -13.4. The molecule has 733 valence electrons.